The Labute approximate surface area is 84.7 Å². The van der Waals surface area contributed by atoms with Crippen LogP contribution in [0.3, 0.4) is 0 Å². The summed E-state index contributed by atoms with van der Waals surface area (Å²) in [5, 5.41) is 3.00. The Kier molecular flexibility index (Phi) is 3.26. The Morgan fingerprint density at radius 3 is 2.21 bits per heavy atom. The van der Waals surface area contributed by atoms with E-state index in [-0.39, 0.29) is 11.8 Å². The number of hydrogen-bond donors (Lipinski definition) is 1. The molecule has 2 amide bonds. The van der Waals surface area contributed by atoms with Crippen LogP contribution >= 0.6 is 0 Å². The minimum Gasteiger partial charge on any atom is -0.317 e. The molecule has 1 saturated heterocycles. The minimum absolute atomic E-state index is 0.0403. The number of amides is 2. The van der Waals surface area contributed by atoms with Gasteiger partial charge in [0.2, 0.25) is 11.8 Å². The lowest BCUT2D eigenvalue weighted by Crippen LogP contribution is -2.57. The van der Waals surface area contributed by atoms with Gasteiger partial charge in [-0.2, -0.15) is 0 Å². The molecule has 0 bridgehead atoms. The van der Waals surface area contributed by atoms with Crippen molar-refractivity contribution in [1.29, 1.82) is 0 Å². The summed E-state index contributed by atoms with van der Waals surface area (Å²) in [7, 11) is 1.82. The van der Waals surface area contributed by atoms with Gasteiger partial charge in [0.15, 0.2) is 0 Å². The third-order valence-corrected chi connectivity index (χ3v) is 2.49. The first-order chi connectivity index (χ1) is 6.49. The predicted octanol–water partition coefficient (Wildman–Crippen LogP) is 0.523. The van der Waals surface area contributed by atoms with Crippen molar-refractivity contribution in [1.82, 2.24) is 10.2 Å². The first-order valence-electron chi connectivity index (χ1n) is 4.99. The van der Waals surface area contributed by atoms with Gasteiger partial charge in [-0.15, -0.1) is 0 Å². The third-order valence-electron chi connectivity index (χ3n) is 2.49. The highest BCUT2D eigenvalue weighted by Crippen LogP contribution is 2.22. The third kappa shape index (κ3) is 2.12. The Morgan fingerprint density at radius 2 is 1.79 bits per heavy atom. The van der Waals surface area contributed by atoms with E-state index in [0.29, 0.717) is 25.8 Å². The van der Waals surface area contributed by atoms with E-state index in [1.54, 1.807) is 0 Å². The van der Waals surface area contributed by atoms with Gasteiger partial charge in [-0.3, -0.25) is 14.5 Å². The van der Waals surface area contributed by atoms with Crippen LogP contribution in [0.1, 0.15) is 33.1 Å². The highest BCUT2D eigenvalue weighted by molar-refractivity contribution is 5.98. The Hall–Kier alpha value is -0.900. The normalized spacial score (nSPS) is 18.9. The molecule has 0 saturated carbocycles. The standard InChI is InChI=1S/C10H18N2O2/c1-10(2,7-11-3)12-8(13)5-4-6-9(12)14/h11H,4-7H2,1-3H3. The highest BCUT2D eigenvalue weighted by Gasteiger charge is 2.37. The van der Waals surface area contributed by atoms with E-state index in [9.17, 15) is 9.59 Å². The molecule has 4 nitrogen and oxygen atoms in total. The van der Waals surface area contributed by atoms with E-state index in [4.69, 9.17) is 0 Å². The fraction of sp³-hybridized carbons (Fsp3) is 0.800. The molecule has 14 heavy (non-hydrogen) atoms. The van der Waals surface area contributed by atoms with Crippen molar-refractivity contribution in [2.75, 3.05) is 13.6 Å². The van der Waals surface area contributed by atoms with Gasteiger partial charge in [-0.05, 0) is 27.3 Å². The maximum absolute atomic E-state index is 11.6. The second-order valence-electron chi connectivity index (χ2n) is 4.32. The number of rotatable bonds is 3. The van der Waals surface area contributed by atoms with Crippen LogP contribution in [0.25, 0.3) is 0 Å². The van der Waals surface area contributed by atoms with Crippen molar-refractivity contribution in [3.05, 3.63) is 0 Å². The van der Waals surface area contributed by atoms with Crippen molar-refractivity contribution in [2.45, 2.75) is 38.6 Å². The molecule has 0 atom stereocenters. The van der Waals surface area contributed by atoms with Gasteiger partial charge < -0.3 is 5.32 Å². The second kappa shape index (κ2) is 4.09. The van der Waals surface area contributed by atoms with E-state index >= 15 is 0 Å². The van der Waals surface area contributed by atoms with E-state index in [2.05, 4.69) is 5.32 Å². The first-order valence-corrected chi connectivity index (χ1v) is 4.99. The summed E-state index contributed by atoms with van der Waals surface area (Å²) in [4.78, 5) is 24.6. The van der Waals surface area contributed by atoms with Gasteiger partial charge in [0.25, 0.3) is 0 Å². The average molecular weight is 198 g/mol. The van der Waals surface area contributed by atoms with Crippen molar-refractivity contribution in [3.8, 4) is 0 Å². The maximum atomic E-state index is 11.6. The van der Waals surface area contributed by atoms with E-state index in [1.165, 1.54) is 4.90 Å². The van der Waals surface area contributed by atoms with Crippen LogP contribution in [-0.4, -0.2) is 35.8 Å². The van der Waals surface area contributed by atoms with Crippen LogP contribution in [-0.2, 0) is 9.59 Å². The zero-order valence-electron chi connectivity index (χ0n) is 9.09. The molecule has 0 aromatic carbocycles. The molecule has 80 valence electrons. The predicted molar refractivity (Wildman–Crippen MR) is 53.7 cm³/mol. The summed E-state index contributed by atoms with van der Waals surface area (Å²) in [6, 6.07) is 0. The fourth-order valence-corrected chi connectivity index (χ4v) is 1.94. The van der Waals surface area contributed by atoms with Crippen LogP contribution in [0.4, 0.5) is 0 Å². The molecule has 1 rings (SSSR count). The summed E-state index contributed by atoms with van der Waals surface area (Å²) < 4.78 is 0. The zero-order valence-corrected chi connectivity index (χ0v) is 9.09. The molecule has 1 aliphatic rings. The van der Waals surface area contributed by atoms with E-state index in [0.717, 1.165) is 0 Å². The molecule has 1 heterocycles. The van der Waals surface area contributed by atoms with Crippen molar-refractivity contribution in [3.63, 3.8) is 0 Å². The highest BCUT2D eigenvalue weighted by atomic mass is 16.2. The Balaban J connectivity index is 2.81. The molecular weight excluding hydrogens is 180 g/mol. The number of carbonyl (C=O) groups excluding carboxylic acids is 2. The quantitative estimate of drug-likeness (QED) is 0.673. The van der Waals surface area contributed by atoms with Crippen LogP contribution in [0.15, 0.2) is 0 Å². The number of carbonyl (C=O) groups is 2. The molecule has 0 aromatic heterocycles. The summed E-state index contributed by atoms with van der Waals surface area (Å²) in [6.45, 7) is 4.44. The minimum atomic E-state index is -0.413. The van der Waals surface area contributed by atoms with Gasteiger partial charge in [-0.1, -0.05) is 0 Å². The van der Waals surface area contributed by atoms with E-state index < -0.39 is 5.54 Å². The van der Waals surface area contributed by atoms with Gasteiger partial charge in [0.1, 0.15) is 0 Å². The largest absolute Gasteiger partial charge is 0.317 e. The number of nitrogens with zero attached hydrogens (tertiary/aromatic N) is 1. The molecule has 0 spiro atoms. The van der Waals surface area contributed by atoms with Crippen molar-refractivity contribution in [2.24, 2.45) is 0 Å². The molecule has 0 unspecified atom stereocenters. The topological polar surface area (TPSA) is 49.4 Å². The second-order valence-corrected chi connectivity index (χ2v) is 4.32. The fourth-order valence-electron chi connectivity index (χ4n) is 1.94. The molecule has 0 aromatic rings. The number of hydrogen-bond acceptors (Lipinski definition) is 3. The monoisotopic (exact) mass is 198 g/mol. The SMILES string of the molecule is CNCC(C)(C)N1C(=O)CCCC1=O. The number of imide groups is 1. The van der Waals surface area contributed by atoms with Crippen LogP contribution < -0.4 is 5.32 Å². The molecule has 4 heteroatoms. The number of piperidine rings is 1. The van der Waals surface area contributed by atoms with Gasteiger partial charge in [-0.25, -0.2) is 0 Å². The van der Waals surface area contributed by atoms with Gasteiger partial charge in [0.05, 0.1) is 5.54 Å². The number of likely N-dealkylation sites (tertiary alicyclic amines) is 1. The number of nitrogens with one attached hydrogen (secondary N) is 1. The summed E-state index contributed by atoms with van der Waals surface area (Å²) in [5.74, 6) is -0.0806. The summed E-state index contributed by atoms with van der Waals surface area (Å²) in [6.07, 6.45) is 1.70. The lowest BCUT2D eigenvalue weighted by atomic mass is 9.97. The zero-order chi connectivity index (χ0) is 10.8. The van der Waals surface area contributed by atoms with Crippen molar-refractivity contribution >= 4 is 11.8 Å². The molecular formula is C10H18N2O2. The molecule has 1 N–H and O–H groups in total. The summed E-state index contributed by atoms with van der Waals surface area (Å²) >= 11 is 0. The lowest BCUT2D eigenvalue weighted by Gasteiger charge is -2.39. The maximum Gasteiger partial charge on any atom is 0.229 e. The van der Waals surface area contributed by atoms with Crippen LogP contribution in [0.5, 0.6) is 0 Å². The lowest BCUT2D eigenvalue weighted by molar-refractivity contribution is -0.154. The first kappa shape index (κ1) is 11.2. The van der Waals surface area contributed by atoms with Crippen molar-refractivity contribution < 1.29 is 9.59 Å². The van der Waals surface area contributed by atoms with Crippen LogP contribution in [0.2, 0.25) is 0 Å². The smallest absolute Gasteiger partial charge is 0.229 e. The van der Waals surface area contributed by atoms with Gasteiger partial charge >= 0.3 is 0 Å². The molecule has 0 radical (unpaired) electrons. The Bertz CT molecular complexity index is 233. The van der Waals surface area contributed by atoms with Crippen LogP contribution in [0, 0.1) is 0 Å². The molecule has 1 aliphatic heterocycles. The van der Waals surface area contributed by atoms with Gasteiger partial charge in [0, 0.05) is 19.4 Å². The number of likely N-dealkylation sites (N-methyl/N-ethyl adjacent to an activating group) is 1. The Morgan fingerprint density at radius 1 is 1.29 bits per heavy atom. The average Bonchev–Trinajstić information content (AvgIpc) is 2.02. The van der Waals surface area contributed by atoms with E-state index in [1.807, 2.05) is 20.9 Å². The molecule has 1 fully saturated rings. The molecule has 0 aliphatic carbocycles. The summed E-state index contributed by atoms with van der Waals surface area (Å²) in [5.41, 5.74) is -0.413.